The maximum Gasteiger partial charge on any atom is 0.245 e. The first kappa shape index (κ1) is 13.6. The van der Waals surface area contributed by atoms with Crippen molar-refractivity contribution >= 4 is 11.8 Å². The Balaban J connectivity index is 1.82. The molecule has 3 rings (SSSR count). The highest BCUT2D eigenvalue weighted by Gasteiger charge is 2.43. The third kappa shape index (κ3) is 2.33. The quantitative estimate of drug-likeness (QED) is 0.937. The molecule has 106 valence electrons. The Morgan fingerprint density at radius 2 is 2.25 bits per heavy atom. The van der Waals surface area contributed by atoms with Gasteiger partial charge >= 0.3 is 0 Å². The lowest BCUT2D eigenvalue weighted by Crippen LogP contribution is -2.54. The van der Waals surface area contributed by atoms with E-state index in [1.54, 1.807) is 17.8 Å². The minimum atomic E-state index is -0.230. The SMILES string of the molecule is CSC1(c2nc(Cc3cc(C)ccc3F)no2)CNC1. The molecule has 6 heteroatoms. The van der Waals surface area contributed by atoms with Crippen molar-refractivity contribution in [3.8, 4) is 0 Å². The van der Waals surface area contributed by atoms with Crippen LogP contribution in [0.3, 0.4) is 0 Å². The first-order valence-electron chi connectivity index (χ1n) is 6.47. The molecule has 0 spiro atoms. The molecule has 0 radical (unpaired) electrons. The Morgan fingerprint density at radius 3 is 2.90 bits per heavy atom. The first-order valence-corrected chi connectivity index (χ1v) is 7.69. The monoisotopic (exact) mass is 293 g/mol. The summed E-state index contributed by atoms with van der Waals surface area (Å²) in [5.41, 5.74) is 1.62. The molecule has 1 saturated heterocycles. The zero-order valence-corrected chi connectivity index (χ0v) is 12.3. The molecule has 1 fully saturated rings. The van der Waals surface area contributed by atoms with Crippen LogP contribution in [0.4, 0.5) is 4.39 Å². The molecule has 1 N–H and O–H groups in total. The van der Waals surface area contributed by atoms with E-state index in [4.69, 9.17) is 4.52 Å². The van der Waals surface area contributed by atoms with Crippen LogP contribution in [-0.4, -0.2) is 29.5 Å². The maximum absolute atomic E-state index is 13.7. The fourth-order valence-corrected chi connectivity index (χ4v) is 3.01. The van der Waals surface area contributed by atoms with Gasteiger partial charge in [-0.25, -0.2) is 4.39 Å². The highest BCUT2D eigenvalue weighted by atomic mass is 32.2. The molecule has 0 unspecified atom stereocenters. The first-order chi connectivity index (χ1) is 9.63. The summed E-state index contributed by atoms with van der Waals surface area (Å²) in [7, 11) is 0. The van der Waals surface area contributed by atoms with Crippen molar-refractivity contribution in [2.45, 2.75) is 18.1 Å². The summed E-state index contributed by atoms with van der Waals surface area (Å²) in [6.07, 6.45) is 2.39. The van der Waals surface area contributed by atoms with Crippen LogP contribution in [0.15, 0.2) is 22.7 Å². The highest BCUT2D eigenvalue weighted by molar-refractivity contribution is 7.99. The van der Waals surface area contributed by atoms with E-state index in [1.165, 1.54) is 6.07 Å². The second-order valence-electron chi connectivity index (χ2n) is 5.09. The van der Waals surface area contributed by atoms with Gasteiger partial charge in [0.15, 0.2) is 5.82 Å². The van der Waals surface area contributed by atoms with Crippen LogP contribution in [0.5, 0.6) is 0 Å². The van der Waals surface area contributed by atoms with E-state index in [1.807, 2.05) is 19.2 Å². The van der Waals surface area contributed by atoms with E-state index in [0.29, 0.717) is 23.7 Å². The van der Waals surface area contributed by atoms with Crippen LogP contribution >= 0.6 is 11.8 Å². The standard InChI is InChI=1S/C14H16FN3OS/c1-9-3-4-11(15)10(5-9)6-12-17-13(19-18-12)14(20-2)7-16-8-14/h3-5,16H,6-8H2,1-2H3. The van der Waals surface area contributed by atoms with Crippen molar-refractivity contribution in [1.82, 2.24) is 15.5 Å². The van der Waals surface area contributed by atoms with Gasteiger partial charge < -0.3 is 9.84 Å². The van der Waals surface area contributed by atoms with Gasteiger partial charge in [-0.3, -0.25) is 0 Å². The van der Waals surface area contributed by atoms with Crippen molar-refractivity contribution in [1.29, 1.82) is 0 Å². The number of halogens is 1. The fourth-order valence-electron chi connectivity index (χ4n) is 2.26. The van der Waals surface area contributed by atoms with Crippen LogP contribution in [0.2, 0.25) is 0 Å². The highest BCUT2D eigenvalue weighted by Crippen LogP contribution is 2.37. The molecule has 1 aromatic carbocycles. The van der Waals surface area contributed by atoms with Gasteiger partial charge in [0.1, 0.15) is 10.6 Å². The van der Waals surface area contributed by atoms with Crippen LogP contribution in [0.25, 0.3) is 0 Å². The summed E-state index contributed by atoms with van der Waals surface area (Å²) in [6.45, 7) is 3.59. The van der Waals surface area contributed by atoms with Crippen molar-refractivity contribution < 1.29 is 8.91 Å². The topological polar surface area (TPSA) is 51.0 Å². The van der Waals surface area contributed by atoms with Gasteiger partial charge in [0.05, 0.1) is 0 Å². The van der Waals surface area contributed by atoms with Crippen LogP contribution in [-0.2, 0) is 11.2 Å². The molecule has 1 aromatic heterocycles. The number of benzene rings is 1. The Labute approximate surface area is 121 Å². The zero-order chi connectivity index (χ0) is 14.2. The van der Waals surface area contributed by atoms with Crippen LogP contribution in [0.1, 0.15) is 22.8 Å². The third-order valence-corrected chi connectivity index (χ3v) is 4.86. The van der Waals surface area contributed by atoms with E-state index in [9.17, 15) is 4.39 Å². The number of hydrogen-bond acceptors (Lipinski definition) is 5. The lowest BCUT2D eigenvalue weighted by Gasteiger charge is -2.37. The molecule has 1 aliphatic rings. The van der Waals surface area contributed by atoms with Gasteiger partial charge in [-0.15, -0.1) is 11.8 Å². The Bertz CT molecular complexity index is 619. The lowest BCUT2D eigenvalue weighted by atomic mass is 10.0. The molecule has 2 aromatic rings. The van der Waals surface area contributed by atoms with Gasteiger partial charge in [-0.2, -0.15) is 4.98 Å². The van der Waals surface area contributed by atoms with Gasteiger partial charge in [0, 0.05) is 19.5 Å². The summed E-state index contributed by atoms with van der Waals surface area (Å²) in [5.74, 6) is 0.934. The summed E-state index contributed by atoms with van der Waals surface area (Å²) >= 11 is 1.70. The normalized spacial score (nSPS) is 16.9. The maximum atomic E-state index is 13.7. The van der Waals surface area contributed by atoms with Gasteiger partial charge in [-0.05, 0) is 24.8 Å². The molecule has 4 nitrogen and oxygen atoms in total. The van der Waals surface area contributed by atoms with Gasteiger partial charge in [-0.1, -0.05) is 22.9 Å². The summed E-state index contributed by atoms with van der Waals surface area (Å²) in [4.78, 5) is 4.44. The fraction of sp³-hybridized carbons (Fsp3) is 0.429. The van der Waals surface area contributed by atoms with E-state index in [-0.39, 0.29) is 10.6 Å². The molecule has 0 atom stereocenters. The molecule has 0 bridgehead atoms. The van der Waals surface area contributed by atoms with Crippen molar-refractivity contribution in [2.75, 3.05) is 19.3 Å². The minimum absolute atomic E-state index is 0.115. The number of rotatable bonds is 4. The largest absolute Gasteiger partial charge is 0.338 e. The molecule has 2 heterocycles. The smallest absolute Gasteiger partial charge is 0.245 e. The number of nitrogens with one attached hydrogen (secondary N) is 1. The number of aryl methyl sites for hydroxylation is 1. The van der Waals surface area contributed by atoms with Crippen molar-refractivity contribution in [3.63, 3.8) is 0 Å². The lowest BCUT2D eigenvalue weighted by molar-refractivity contribution is 0.282. The zero-order valence-electron chi connectivity index (χ0n) is 11.4. The molecular formula is C14H16FN3OS. The summed E-state index contributed by atoms with van der Waals surface area (Å²) in [5, 5.41) is 7.20. The average molecular weight is 293 g/mol. The van der Waals surface area contributed by atoms with Crippen molar-refractivity contribution in [2.24, 2.45) is 0 Å². The molecule has 20 heavy (non-hydrogen) atoms. The van der Waals surface area contributed by atoms with E-state index >= 15 is 0 Å². The minimum Gasteiger partial charge on any atom is -0.338 e. The molecule has 0 aliphatic carbocycles. The molecular weight excluding hydrogens is 277 g/mol. The Kier molecular flexibility index (Phi) is 3.52. The Morgan fingerprint density at radius 1 is 1.45 bits per heavy atom. The van der Waals surface area contributed by atoms with Crippen molar-refractivity contribution in [3.05, 3.63) is 46.9 Å². The number of thioether (sulfide) groups is 1. The van der Waals surface area contributed by atoms with Crippen LogP contribution < -0.4 is 5.32 Å². The Hall–Kier alpha value is -1.40. The van der Waals surface area contributed by atoms with E-state index in [0.717, 1.165) is 18.7 Å². The number of aromatic nitrogens is 2. The average Bonchev–Trinajstić information content (AvgIpc) is 2.82. The van der Waals surface area contributed by atoms with E-state index in [2.05, 4.69) is 15.5 Å². The third-order valence-electron chi connectivity index (χ3n) is 3.62. The molecule has 0 saturated carbocycles. The van der Waals surface area contributed by atoms with Gasteiger partial charge in [0.25, 0.3) is 0 Å². The molecule has 0 amide bonds. The number of nitrogens with zero attached hydrogens (tertiary/aromatic N) is 2. The van der Waals surface area contributed by atoms with Crippen LogP contribution in [0, 0.1) is 12.7 Å². The molecule has 1 aliphatic heterocycles. The predicted molar refractivity (Wildman–Crippen MR) is 76.3 cm³/mol. The predicted octanol–water partition coefficient (Wildman–Crippen LogP) is 2.27. The second kappa shape index (κ2) is 5.18. The summed E-state index contributed by atoms with van der Waals surface area (Å²) < 4.78 is 19.0. The summed E-state index contributed by atoms with van der Waals surface area (Å²) in [6, 6.07) is 5.05. The second-order valence-corrected chi connectivity index (χ2v) is 6.28. The van der Waals surface area contributed by atoms with E-state index < -0.39 is 0 Å². The number of hydrogen-bond donors (Lipinski definition) is 1. The van der Waals surface area contributed by atoms with Gasteiger partial charge in [0.2, 0.25) is 5.89 Å².